The van der Waals surface area contributed by atoms with E-state index in [-0.39, 0.29) is 23.9 Å². The minimum atomic E-state index is -0.0888. The van der Waals surface area contributed by atoms with E-state index in [9.17, 15) is 4.79 Å². The standard InChI is InChI=1S/C21H18N4O/c26-21-15-7-4-8-16-18(15)20(24-25-21)17(13-5-2-1-3-6-13)19(23-16)14-9-11-22-12-10-14/h1-12,17,19-20,23-24H,(H,25,26). The van der Waals surface area contributed by atoms with Crippen LogP contribution in [0.15, 0.2) is 73.1 Å². The number of carbonyl (C=O) groups is 1. The molecule has 3 N–H and O–H groups in total. The highest BCUT2D eigenvalue weighted by atomic mass is 16.2. The normalized spacial score (nSPS) is 23.5. The van der Waals surface area contributed by atoms with Gasteiger partial charge in [-0.3, -0.25) is 15.2 Å². The lowest BCUT2D eigenvalue weighted by Gasteiger charge is -2.44. The molecule has 1 aromatic heterocycles. The van der Waals surface area contributed by atoms with Gasteiger partial charge in [0.1, 0.15) is 0 Å². The molecule has 2 aliphatic rings. The Morgan fingerprint density at radius 2 is 1.62 bits per heavy atom. The number of pyridine rings is 1. The summed E-state index contributed by atoms with van der Waals surface area (Å²) >= 11 is 0. The predicted molar refractivity (Wildman–Crippen MR) is 99.6 cm³/mol. The minimum absolute atomic E-state index is 0.0132. The van der Waals surface area contributed by atoms with Crippen LogP contribution in [0.1, 0.15) is 45.0 Å². The number of nitrogens with zero attached hydrogens (tertiary/aromatic N) is 1. The van der Waals surface area contributed by atoms with E-state index in [1.165, 1.54) is 11.1 Å². The lowest BCUT2D eigenvalue weighted by molar-refractivity contribution is 0.0899. The second-order valence-corrected chi connectivity index (χ2v) is 6.68. The second-order valence-electron chi connectivity index (χ2n) is 6.68. The van der Waals surface area contributed by atoms with Gasteiger partial charge in [0.2, 0.25) is 0 Å². The summed E-state index contributed by atoms with van der Waals surface area (Å²) in [7, 11) is 0. The van der Waals surface area contributed by atoms with Gasteiger partial charge in [-0.15, -0.1) is 0 Å². The third kappa shape index (κ3) is 2.29. The highest BCUT2D eigenvalue weighted by Crippen LogP contribution is 2.50. The van der Waals surface area contributed by atoms with Crippen LogP contribution in [-0.2, 0) is 0 Å². The maximum Gasteiger partial charge on any atom is 0.265 e. The number of benzene rings is 2. The number of nitrogens with one attached hydrogen (secondary N) is 3. The van der Waals surface area contributed by atoms with E-state index in [1.807, 2.05) is 48.8 Å². The molecule has 0 fully saturated rings. The van der Waals surface area contributed by atoms with Gasteiger partial charge in [-0.05, 0) is 35.4 Å². The lowest BCUT2D eigenvalue weighted by Crippen LogP contribution is -2.50. The van der Waals surface area contributed by atoms with Gasteiger partial charge in [-0.25, -0.2) is 5.43 Å². The molecule has 5 rings (SSSR count). The highest BCUT2D eigenvalue weighted by molar-refractivity contribution is 5.98. The molecule has 5 heteroatoms. The number of rotatable bonds is 2. The number of aromatic nitrogens is 1. The van der Waals surface area contributed by atoms with Crippen molar-refractivity contribution in [3.8, 4) is 0 Å². The molecule has 1 amide bonds. The van der Waals surface area contributed by atoms with Crippen LogP contribution in [0.25, 0.3) is 0 Å². The smallest absolute Gasteiger partial charge is 0.265 e. The van der Waals surface area contributed by atoms with E-state index >= 15 is 0 Å². The Morgan fingerprint density at radius 3 is 2.42 bits per heavy atom. The Morgan fingerprint density at radius 1 is 0.808 bits per heavy atom. The van der Waals surface area contributed by atoms with Crippen molar-refractivity contribution in [3.63, 3.8) is 0 Å². The first-order valence-corrected chi connectivity index (χ1v) is 8.73. The van der Waals surface area contributed by atoms with Crippen LogP contribution >= 0.6 is 0 Å². The van der Waals surface area contributed by atoms with Gasteiger partial charge in [0.05, 0.1) is 12.1 Å². The third-order valence-electron chi connectivity index (χ3n) is 5.28. The van der Waals surface area contributed by atoms with Crippen LogP contribution in [-0.4, -0.2) is 10.9 Å². The minimum Gasteiger partial charge on any atom is -0.377 e. The van der Waals surface area contributed by atoms with Gasteiger partial charge < -0.3 is 5.32 Å². The molecular weight excluding hydrogens is 324 g/mol. The molecule has 2 aromatic carbocycles. The maximum atomic E-state index is 12.3. The molecule has 3 heterocycles. The van der Waals surface area contributed by atoms with Crippen LogP contribution in [0.2, 0.25) is 0 Å². The first kappa shape index (κ1) is 15.1. The molecule has 128 valence electrons. The number of anilines is 1. The predicted octanol–water partition coefficient (Wildman–Crippen LogP) is 3.32. The highest BCUT2D eigenvalue weighted by Gasteiger charge is 2.42. The third-order valence-corrected chi connectivity index (χ3v) is 5.28. The van der Waals surface area contributed by atoms with Gasteiger partial charge >= 0.3 is 0 Å². The van der Waals surface area contributed by atoms with E-state index < -0.39 is 0 Å². The van der Waals surface area contributed by atoms with Crippen molar-refractivity contribution in [2.45, 2.75) is 18.0 Å². The largest absolute Gasteiger partial charge is 0.377 e. The van der Waals surface area contributed by atoms with Crippen LogP contribution < -0.4 is 16.2 Å². The first-order chi connectivity index (χ1) is 12.8. The molecular formula is C21H18N4O. The molecule has 0 saturated heterocycles. The quantitative estimate of drug-likeness (QED) is 0.668. The lowest BCUT2D eigenvalue weighted by atomic mass is 9.74. The Bertz CT molecular complexity index is 958. The zero-order chi connectivity index (χ0) is 17.5. The fourth-order valence-electron chi connectivity index (χ4n) is 4.15. The molecule has 0 spiro atoms. The molecule has 0 radical (unpaired) electrons. The summed E-state index contributed by atoms with van der Waals surface area (Å²) < 4.78 is 0. The van der Waals surface area contributed by atoms with Crippen LogP contribution in [0.5, 0.6) is 0 Å². The van der Waals surface area contributed by atoms with E-state index in [0.29, 0.717) is 0 Å². The summed E-state index contributed by atoms with van der Waals surface area (Å²) in [4.78, 5) is 16.5. The van der Waals surface area contributed by atoms with Gasteiger partial charge in [0.25, 0.3) is 5.91 Å². The Balaban J connectivity index is 1.72. The van der Waals surface area contributed by atoms with Crippen LogP contribution in [0.4, 0.5) is 5.69 Å². The molecule has 5 nitrogen and oxygen atoms in total. The molecule has 0 bridgehead atoms. The summed E-state index contributed by atoms with van der Waals surface area (Å²) in [5, 5.41) is 3.67. The summed E-state index contributed by atoms with van der Waals surface area (Å²) in [5.41, 5.74) is 11.3. The number of hydrogen-bond acceptors (Lipinski definition) is 4. The molecule has 2 aliphatic heterocycles. The monoisotopic (exact) mass is 342 g/mol. The molecule has 3 aromatic rings. The summed E-state index contributed by atoms with van der Waals surface area (Å²) in [5.74, 6) is 0.0296. The van der Waals surface area contributed by atoms with Gasteiger partial charge in [-0.1, -0.05) is 36.4 Å². The summed E-state index contributed by atoms with van der Waals surface area (Å²) in [6.45, 7) is 0. The average Bonchev–Trinajstić information content (AvgIpc) is 2.71. The first-order valence-electron chi connectivity index (χ1n) is 8.73. The molecule has 3 unspecified atom stereocenters. The van der Waals surface area contributed by atoms with Crippen molar-refractivity contribution in [1.82, 2.24) is 15.8 Å². The van der Waals surface area contributed by atoms with Crippen LogP contribution in [0, 0.1) is 0 Å². The van der Waals surface area contributed by atoms with Crippen molar-refractivity contribution in [2.75, 3.05) is 5.32 Å². The van der Waals surface area contributed by atoms with Gasteiger partial charge in [0, 0.05) is 35.1 Å². The number of amides is 1. The molecule has 0 saturated carbocycles. The second kappa shape index (κ2) is 5.97. The van der Waals surface area contributed by atoms with Crippen molar-refractivity contribution in [1.29, 1.82) is 0 Å². The fraction of sp³-hybridized carbons (Fsp3) is 0.143. The van der Waals surface area contributed by atoms with Crippen molar-refractivity contribution < 1.29 is 4.79 Å². The Hall–Kier alpha value is -3.18. The topological polar surface area (TPSA) is 66.1 Å². The Labute approximate surface area is 151 Å². The van der Waals surface area contributed by atoms with Crippen molar-refractivity contribution in [2.24, 2.45) is 0 Å². The number of hydrogen-bond donors (Lipinski definition) is 3. The fourth-order valence-corrected chi connectivity index (χ4v) is 4.15. The molecule has 26 heavy (non-hydrogen) atoms. The van der Waals surface area contributed by atoms with Crippen molar-refractivity contribution in [3.05, 3.63) is 95.3 Å². The Kier molecular flexibility index (Phi) is 3.47. The molecule has 0 aliphatic carbocycles. The van der Waals surface area contributed by atoms with Gasteiger partial charge in [0.15, 0.2) is 0 Å². The van der Waals surface area contributed by atoms with E-state index in [1.54, 1.807) is 0 Å². The van der Waals surface area contributed by atoms with E-state index in [2.05, 4.69) is 45.4 Å². The summed E-state index contributed by atoms with van der Waals surface area (Å²) in [6, 6.07) is 20.4. The zero-order valence-electron chi connectivity index (χ0n) is 14.0. The number of carbonyl (C=O) groups excluding carboxylic acids is 1. The SMILES string of the molecule is O=C1NNC2c3c(cccc31)NC(c1ccncc1)C2c1ccccc1. The summed E-state index contributed by atoms with van der Waals surface area (Å²) in [6.07, 6.45) is 3.64. The maximum absolute atomic E-state index is 12.3. The van der Waals surface area contributed by atoms with E-state index in [0.717, 1.165) is 16.8 Å². The number of hydrazine groups is 1. The van der Waals surface area contributed by atoms with Gasteiger partial charge in [-0.2, -0.15) is 0 Å². The van der Waals surface area contributed by atoms with Crippen molar-refractivity contribution >= 4 is 11.6 Å². The average molecular weight is 342 g/mol. The van der Waals surface area contributed by atoms with Crippen LogP contribution in [0.3, 0.4) is 0 Å². The molecule has 3 atom stereocenters. The van der Waals surface area contributed by atoms with E-state index in [4.69, 9.17) is 0 Å². The zero-order valence-corrected chi connectivity index (χ0v) is 14.0.